The van der Waals surface area contributed by atoms with Crippen molar-refractivity contribution < 1.29 is 13.6 Å². The summed E-state index contributed by atoms with van der Waals surface area (Å²) in [6.07, 6.45) is 3.24. The first-order valence-corrected chi connectivity index (χ1v) is 6.76. The van der Waals surface area contributed by atoms with Gasteiger partial charge in [0.15, 0.2) is 0 Å². The zero-order valence-corrected chi connectivity index (χ0v) is 11.9. The summed E-state index contributed by atoms with van der Waals surface area (Å²) < 4.78 is 19.6. The van der Waals surface area contributed by atoms with Crippen LogP contribution in [-0.4, -0.2) is 15.7 Å². The minimum absolute atomic E-state index is 0.206. The number of aryl methyl sites for hydroxylation is 1. The van der Waals surface area contributed by atoms with Crippen LogP contribution in [0.15, 0.2) is 53.3 Å². The lowest BCUT2D eigenvalue weighted by Crippen LogP contribution is -2.23. The fourth-order valence-corrected chi connectivity index (χ4v) is 2.08. The van der Waals surface area contributed by atoms with Gasteiger partial charge in [0.25, 0.3) is 5.91 Å². The summed E-state index contributed by atoms with van der Waals surface area (Å²) >= 11 is 0. The molecule has 1 aromatic carbocycles. The largest absolute Gasteiger partial charge is 0.469 e. The van der Waals surface area contributed by atoms with Gasteiger partial charge in [-0.2, -0.15) is 5.10 Å². The van der Waals surface area contributed by atoms with Crippen LogP contribution in [0.5, 0.6) is 0 Å². The van der Waals surface area contributed by atoms with E-state index < -0.39 is 0 Å². The van der Waals surface area contributed by atoms with E-state index in [1.807, 2.05) is 0 Å². The lowest BCUT2D eigenvalue weighted by Gasteiger charge is -2.03. The number of carbonyl (C=O) groups is 1. The van der Waals surface area contributed by atoms with Crippen molar-refractivity contribution in [2.75, 3.05) is 0 Å². The Kier molecular flexibility index (Phi) is 3.74. The summed E-state index contributed by atoms with van der Waals surface area (Å²) in [5.74, 6) is 0.0794. The van der Waals surface area contributed by atoms with E-state index in [1.165, 1.54) is 18.4 Å². The first kappa shape index (κ1) is 14.1. The van der Waals surface area contributed by atoms with E-state index in [4.69, 9.17) is 4.42 Å². The highest BCUT2D eigenvalue weighted by Crippen LogP contribution is 2.10. The van der Waals surface area contributed by atoms with Crippen molar-refractivity contribution in [2.45, 2.75) is 13.5 Å². The Hall–Kier alpha value is -2.89. The third-order valence-corrected chi connectivity index (χ3v) is 3.27. The summed E-state index contributed by atoms with van der Waals surface area (Å²) in [6.45, 7) is 2.04. The van der Waals surface area contributed by atoms with E-state index in [0.29, 0.717) is 23.6 Å². The minimum Gasteiger partial charge on any atom is -0.469 e. The normalized spacial score (nSPS) is 10.6. The number of halogens is 1. The molecule has 3 aromatic rings. The van der Waals surface area contributed by atoms with Crippen molar-refractivity contribution >= 4 is 5.91 Å². The number of hydrogen-bond donors (Lipinski definition) is 1. The summed E-state index contributed by atoms with van der Waals surface area (Å²) in [5, 5.41) is 7.12. The molecule has 0 saturated carbocycles. The van der Waals surface area contributed by atoms with Gasteiger partial charge in [0.05, 0.1) is 29.8 Å². The van der Waals surface area contributed by atoms with Crippen molar-refractivity contribution in [3.8, 4) is 5.69 Å². The van der Waals surface area contributed by atoms with Gasteiger partial charge in [-0.15, -0.1) is 0 Å². The van der Waals surface area contributed by atoms with E-state index in [2.05, 4.69) is 10.4 Å². The number of benzene rings is 1. The quantitative estimate of drug-likeness (QED) is 0.806. The van der Waals surface area contributed by atoms with E-state index >= 15 is 0 Å². The van der Waals surface area contributed by atoms with Crippen LogP contribution in [0, 0.1) is 12.7 Å². The van der Waals surface area contributed by atoms with Crippen LogP contribution in [-0.2, 0) is 6.54 Å². The van der Waals surface area contributed by atoms with E-state index in [0.717, 1.165) is 5.69 Å². The minimum atomic E-state index is -0.293. The molecule has 6 heteroatoms. The molecule has 0 atom stereocenters. The first-order chi connectivity index (χ1) is 10.6. The zero-order chi connectivity index (χ0) is 15.5. The molecule has 2 aromatic heterocycles. The number of rotatable bonds is 4. The van der Waals surface area contributed by atoms with E-state index in [-0.39, 0.29) is 11.7 Å². The molecule has 0 unspecified atom stereocenters. The van der Waals surface area contributed by atoms with Crippen LogP contribution >= 0.6 is 0 Å². The van der Waals surface area contributed by atoms with Crippen LogP contribution in [0.1, 0.15) is 21.8 Å². The molecule has 0 aliphatic carbocycles. The predicted molar refractivity (Wildman–Crippen MR) is 78.1 cm³/mol. The van der Waals surface area contributed by atoms with Crippen molar-refractivity contribution in [3.05, 3.63) is 71.7 Å². The summed E-state index contributed by atoms with van der Waals surface area (Å²) in [5.41, 5.74) is 1.97. The second-order valence-corrected chi connectivity index (χ2v) is 4.80. The Labute approximate surface area is 126 Å². The fourth-order valence-electron chi connectivity index (χ4n) is 2.08. The molecule has 0 saturated heterocycles. The average molecular weight is 299 g/mol. The molecule has 5 nitrogen and oxygen atoms in total. The van der Waals surface area contributed by atoms with Crippen molar-refractivity contribution in [2.24, 2.45) is 0 Å². The number of furan rings is 1. The zero-order valence-electron chi connectivity index (χ0n) is 11.9. The third kappa shape index (κ3) is 2.90. The first-order valence-electron chi connectivity index (χ1n) is 6.76. The van der Waals surface area contributed by atoms with E-state index in [1.54, 1.807) is 42.1 Å². The second kappa shape index (κ2) is 5.85. The molecule has 0 spiro atoms. The molecule has 0 radical (unpaired) electrons. The Morgan fingerprint density at radius 3 is 2.73 bits per heavy atom. The fraction of sp³-hybridized carbons (Fsp3) is 0.125. The highest BCUT2D eigenvalue weighted by atomic mass is 19.1. The van der Waals surface area contributed by atoms with Gasteiger partial charge in [0, 0.05) is 6.20 Å². The molecule has 0 fully saturated rings. The molecule has 2 heterocycles. The monoisotopic (exact) mass is 299 g/mol. The Balaban J connectivity index is 1.66. The molecule has 22 heavy (non-hydrogen) atoms. The van der Waals surface area contributed by atoms with Gasteiger partial charge in [0.1, 0.15) is 11.6 Å². The van der Waals surface area contributed by atoms with Crippen molar-refractivity contribution in [3.63, 3.8) is 0 Å². The van der Waals surface area contributed by atoms with Crippen molar-refractivity contribution in [1.82, 2.24) is 15.1 Å². The Morgan fingerprint density at radius 1 is 1.27 bits per heavy atom. The molecule has 0 bridgehead atoms. The summed E-state index contributed by atoms with van der Waals surface area (Å²) in [4.78, 5) is 12.0. The molecule has 1 amide bonds. The maximum absolute atomic E-state index is 12.9. The number of amides is 1. The number of carbonyl (C=O) groups excluding carboxylic acids is 1. The molecule has 1 N–H and O–H groups in total. The van der Waals surface area contributed by atoms with Gasteiger partial charge < -0.3 is 9.73 Å². The molecule has 0 aliphatic heterocycles. The number of aromatic nitrogens is 2. The number of nitrogens with one attached hydrogen (secondary N) is 1. The van der Waals surface area contributed by atoms with Crippen LogP contribution in [0.2, 0.25) is 0 Å². The topological polar surface area (TPSA) is 60.1 Å². The average Bonchev–Trinajstić information content (AvgIpc) is 3.14. The van der Waals surface area contributed by atoms with Gasteiger partial charge in [-0.25, -0.2) is 9.07 Å². The predicted octanol–water partition coefficient (Wildman–Crippen LogP) is 2.84. The third-order valence-electron chi connectivity index (χ3n) is 3.27. The molecule has 112 valence electrons. The Morgan fingerprint density at radius 2 is 2.05 bits per heavy atom. The van der Waals surface area contributed by atoms with Crippen LogP contribution in [0.25, 0.3) is 5.69 Å². The lowest BCUT2D eigenvalue weighted by atomic mass is 10.2. The maximum atomic E-state index is 12.9. The van der Waals surface area contributed by atoms with Gasteiger partial charge in [-0.3, -0.25) is 4.79 Å². The maximum Gasteiger partial charge on any atom is 0.255 e. The van der Waals surface area contributed by atoms with Gasteiger partial charge in [-0.1, -0.05) is 0 Å². The van der Waals surface area contributed by atoms with Crippen LogP contribution < -0.4 is 5.32 Å². The smallest absolute Gasteiger partial charge is 0.255 e. The standard InChI is InChI=1S/C16H14FN3O2/c1-11-15(7-9-22-11)16(21)18-10-13-6-8-20(19-13)14-4-2-12(17)3-5-14/h2-9H,10H2,1H3,(H,18,21). The SMILES string of the molecule is Cc1occc1C(=O)NCc1ccn(-c2ccc(F)cc2)n1. The van der Waals surface area contributed by atoms with Crippen LogP contribution in [0.4, 0.5) is 4.39 Å². The summed E-state index contributed by atoms with van der Waals surface area (Å²) in [7, 11) is 0. The number of hydrogen-bond acceptors (Lipinski definition) is 3. The van der Waals surface area contributed by atoms with Crippen molar-refractivity contribution in [1.29, 1.82) is 0 Å². The van der Waals surface area contributed by atoms with E-state index in [9.17, 15) is 9.18 Å². The molecular weight excluding hydrogens is 285 g/mol. The van der Waals surface area contributed by atoms with Gasteiger partial charge in [0.2, 0.25) is 0 Å². The highest BCUT2D eigenvalue weighted by Gasteiger charge is 2.11. The summed E-state index contributed by atoms with van der Waals surface area (Å²) in [6, 6.07) is 9.45. The second-order valence-electron chi connectivity index (χ2n) is 4.80. The molecule has 3 rings (SSSR count). The lowest BCUT2D eigenvalue weighted by molar-refractivity contribution is 0.0949. The highest BCUT2D eigenvalue weighted by molar-refractivity contribution is 5.94. The number of nitrogens with zero attached hydrogens (tertiary/aromatic N) is 2. The van der Waals surface area contributed by atoms with Gasteiger partial charge >= 0.3 is 0 Å². The Bertz CT molecular complexity index is 790. The van der Waals surface area contributed by atoms with Crippen LogP contribution in [0.3, 0.4) is 0 Å². The molecular formula is C16H14FN3O2. The molecule has 0 aliphatic rings. The van der Waals surface area contributed by atoms with Gasteiger partial charge in [-0.05, 0) is 43.3 Å².